The summed E-state index contributed by atoms with van der Waals surface area (Å²) in [5, 5.41) is 4.53. The minimum atomic E-state index is -4.10. The average Bonchev–Trinajstić information content (AvgIpc) is 3.26. The number of sulfonamides is 1. The number of nitrogens with one attached hydrogen (secondary N) is 1. The highest BCUT2D eigenvalue weighted by molar-refractivity contribution is 7.90. The van der Waals surface area contributed by atoms with Crippen molar-refractivity contribution in [3.63, 3.8) is 0 Å². The van der Waals surface area contributed by atoms with Gasteiger partial charge in [-0.15, -0.1) is 0 Å². The van der Waals surface area contributed by atoms with Gasteiger partial charge in [0.25, 0.3) is 15.9 Å². The lowest BCUT2D eigenvalue weighted by Gasteiger charge is -2.13. The van der Waals surface area contributed by atoms with Crippen LogP contribution in [0.4, 0.5) is 4.39 Å². The largest absolute Gasteiger partial charge is 0.494 e. The van der Waals surface area contributed by atoms with Gasteiger partial charge < -0.3 is 4.74 Å². The van der Waals surface area contributed by atoms with Crippen molar-refractivity contribution in [1.29, 1.82) is 0 Å². The van der Waals surface area contributed by atoms with Crippen LogP contribution in [0.25, 0.3) is 11.3 Å². The second kappa shape index (κ2) is 9.71. The molecule has 0 atom stereocenters. The second-order valence-corrected chi connectivity index (χ2v) is 9.72. The second-order valence-electron chi connectivity index (χ2n) is 8.04. The number of aromatic nitrogens is 2. The van der Waals surface area contributed by atoms with Crippen molar-refractivity contribution in [2.24, 2.45) is 0 Å². The predicted molar refractivity (Wildman–Crippen MR) is 130 cm³/mol. The van der Waals surface area contributed by atoms with Crippen LogP contribution in [0.1, 0.15) is 27.2 Å². The van der Waals surface area contributed by atoms with Gasteiger partial charge in [0, 0.05) is 5.56 Å². The Bertz CT molecular complexity index is 1480. The smallest absolute Gasteiger partial charge is 0.283 e. The lowest BCUT2D eigenvalue weighted by atomic mass is 10.0. The van der Waals surface area contributed by atoms with Crippen molar-refractivity contribution in [3.8, 4) is 17.0 Å². The van der Waals surface area contributed by atoms with E-state index < -0.39 is 21.7 Å². The van der Waals surface area contributed by atoms with Crippen LogP contribution in [0.3, 0.4) is 0 Å². The average molecular weight is 494 g/mol. The summed E-state index contributed by atoms with van der Waals surface area (Å²) in [6, 6.07) is 19.2. The minimum Gasteiger partial charge on any atom is -0.494 e. The summed E-state index contributed by atoms with van der Waals surface area (Å²) >= 11 is 0. The topological polar surface area (TPSA) is 90.3 Å². The molecule has 3 aromatic carbocycles. The van der Waals surface area contributed by atoms with Gasteiger partial charge in [0.2, 0.25) is 0 Å². The number of hydrogen-bond donors (Lipinski definition) is 1. The maximum atomic E-state index is 14.3. The minimum absolute atomic E-state index is 0.0263. The van der Waals surface area contributed by atoms with Gasteiger partial charge in [-0.05, 0) is 66.9 Å². The van der Waals surface area contributed by atoms with Gasteiger partial charge in [0.15, 0.2) is 11.6 Å². The maximum Gasteiger partial charge on any atom is 0.283 e. The summed E-state index contributed by atoms with van der Waals surface area (Å²) in [4.78, 5) is 13.1. The van der Waals surface area contributed by atoms with Crippen LogP contribution in [0.15, 0.2) is 77.7 Å². The van der Waals surface area contributed by atoms with Gasteiger partial charge >= 0.3 is 0 Å². The molecule has 9 heteroatoms. The van der Waals surface area contributed by atoms with Crippen molar-refractivity contribution < 1.29 is 22.3 Å². The molecule has 0 radical (unpaired) electrons. The number of carbonyl (C=O) groups is 1. The monoisotopic (exact) mass is 493 g/mol. The van der Waals surface area contributed by atoms with E-state index in [-0.39, 0.29) is 22.9 Å². The van der Waals surface area contributed by atoms with E-state index in [9.17, 15) is 17.6 Å². The number of nitrogens with zero attached hydrogens (tertiary/aromatic N) is 2. The summed E-state index contributed by atoms with van der Waals surface area (Å²) in [6.07, 6.45) is 0. The van der Waals surface area contributed by atoms with Crippen molar-refractivity contribution in [1.82, 2.24) is 14.5 Å². The molecule has 0 fully saturated rings. The molecule has 4 aromatic rings. The van der Waals surface area contributed by atoms with Gasteiger partial charge in [-0.25, -0.2) is 17.5 Å². The normalized spacial score (nSPS) is 11.3. The number of ether oxygens (including phenoxy) is 1. The molecule has 0 saturated heterocycles. The van der Waals surface area contributed by atoms with Gasteiger partial charge in [-0.3, -0.25) is 9.48 Å². The van der Waals surface area contributed by atoms with E-state index in [0.717, 1.165) is 16.7 Å². The van der Waals surface area contributed by atoms with Crippen molar-refractivity contribution in [2.75, 3.05) is 7.11 Å². The summed E-state index contributed by atoms with van der Waals surface area (Å²) < 4.78 is 48.4. The third-order valence-electron chi connectivity index (χ3n) is 5.69. The third-order valence-corrected chi connectivity index (χ3v) is 7.04. The van der Waals surface area contributed by atoms with Crippen LogP contribution in [0.5, 0.6) is 5.75 Å². The molecular formula is C26H24FN3O4S. The molecule has 1 N–H and O–H groups in total. The Morgan fingerprint density at radius 2 is 1.69 bits per heavy atom. The first-order valence-electron chi connectivity index (χ1n) is 10.8. The molecule has 7 nitrogen and oxygen atoms in total. The SMILES string of the molecule is COc1ccc(-c2cc(C(=O)NS(=O)(=O)c3ccccc3)n(Cc3c(C)cccc3C)n2)cc1F. The zero-order valence-electron chi connectivity index (χ0n) is 19.4. The molecule has 0 unspecified atom stereocenters. The Balaban J connectivity index is 1.77. The van der Waals surface area contributed by atoms with Gasteiger partial charge in [0.05, 0.1) is 24.2 Å². The first kappa shape index (κ1) is 24.2. The molecule has 1 heterocycles. The zero-order valence-corrected chi connectivity index (χ0v) is 20.3. The number of carbonyl (C=O) groups excluding carboxylic acids is 1. The maximum absolute atomic E-state index is 14.3. The molecule has 0 aliphatic carbocycles. The summed E-state index contributed by atoms with van der Waals surface area (Å²) in [5.41, 5.74) is 3.71. The fraction of sp³-hybridized carbons (Fsp3) is 0.154. The number of hydrogen-bond acceptors (Lipinski definition) is 5. The molecule has 180 valence electrons. The Morgan fingerprint density at radius 1 is 1.00 bits per heavy atom. The zero-order chi connectivity index (χ0) is 25.2. The van der Waals surface area contributed by atoms with Crippen LogP contribution < -0.4 is 9.46 Å². The quantitative estimate of drug-likeness (QED) is 0.410. The lowest BCUT2D eigenvalue weighted by molar-refractivity contribution is 0.0971. The van der Waals surface area contributed by atoms with Crippen LogP contribution in [0.2, 0.25) is 0 Å². The van der Waals surface area contributed by atoms with Crippen LogP contribution in [-0.2, 0) is 16.6 Å². The molecule has 0 bridgehead atoms. The van der Waals surface area contributed by atoms with E-state index in [1.807, 2.05) is 32.0 Å². The van der Waals surface area contributed by atoms with Gasteiger partial charge in [-0.1, -0.05) is 36.4 Å². The highest BCUT2D eigenvalue weighted by Crippen LogP contribution is 2.26. The Hall–Kier alpha value is -3.98. The Kier molecular flexibility index (Phi) is 6.70. The first-order chi connectivity index (χ1) is 16.7. The van der Waals surface area contributed by atoms with Crippen LogP contribution in [0, 0.1) is 19.7 Å². The fourth-order valence-corrected chi connectivity index (χ4v) is 4.75. The van der Waals surface area contributed by atoms with Crippen LogP contribution in [-0.4, -0.2) is 31.2 Å². The number of benzene rings is 3. The van der Waals surface area contributed by atoms with E-state index in [2.05, 4.69) is 9.82 Å². The number of aryl methyl sites for hydroxylation is 2. The Labute approximate surface area is 203 Å². The van der Waals surface area contributed by atoms with E-state index in [0.29, 0.717) is 11.3 Å². The number of halogens is 1. The molecule has 1 amide bonds. The van der Waals surface area contributed by atoms with Crippen molar-refractivity contribution in [2.45, 2.75) is 25.3 Å². The predicted octanol–water partition coefficient (Wildman–Crippen LogP) is 4.48. The molecular weight excluding hydrogens is 469 g/mol. The van der Waals surface area contributed by atoms with Gasteiger partial charge in [0.1, 0.15) is 5.69 Å². The van der Waals surface area contributed by atoms with E-state index in [4.69, 9.17) is 4.74 Å². The summed E-state index contributed by atoms with van der Waals surface area (Å²) in [7, 11) is -2.73. The molecule has 0 spiro atoms. The molecule has 35 heavy (non-hydrogen) atoms. The highest BCUT2D eigenvalue weighted by Gasteiger charge is 2.23. The number of methoxy groups -OCH3 is 1. The first-order valence-corrected chi connectivity index (χ1v) is 12.3. The number of rotatable bonds is 7. The molecule has 0 aliphatic heterocycles. The standard InChI is InChI=1S/C26H24FN3O4S/c1-17-8-7-9-18(2)21(17)16-30-24(26(31)29-35(32,33)20-10-5-4-6-11-20)15-23(28-30)19-12-13-25(34-3)22(27)14-19/h4-15H,16H2,1-3H3,(H,29,31). The number of amides is 1. The van der Waals surface area contributed by atoms with E-state index >= 15 is 0 Å². The molecule has 1 aromatic heterocycles. The van der Waals surface area contributed by atoms with Crippen molar-refractivity contribution >= 4 is 15.9 Å². The van der Waals surface area contributed by atoms with Crippen LogP contribution >= 0.6 is 0 Å². The van der Waals surface area contributed by atoms with Gasteiger partial charge in [-0.2, -0.15) is 5.10 Å². The Morgan fingerprint density at radius 3 is 2.31 bits per heavy atom. The van der Waals surface area contributed by atoms with E-state index in [1.54, 1.807) is 24.3 Å². The lowest BCUT2D eigenvalue weighted by Crippen LogP contribution is -2.32. The molecule has 0 aliphatic rings. The van der Waals surface area contributed by atoms with Crippen molar-refractivity contribution in [3.05, 3.63) is 101 Å². The third kappa shape index (κ3) is 5.09. The summed E-state index contributed by atoms with van der Waals surface area (Å²) in [6.45, 7) is 4.13. The highest BCUT2D eigenvalue weighted by atomic mass is 32.2. The molecule has 0 saturated carbocycles. The summed E-state index contributed by atoms with van der Waals surface area (Å²) in [5.74, 6) is -1.34. The fourth-order valence-electron chi connectivity index (χ4n) is 3.77. The van der Waals surface area contributed by atoms with E-state index in [1.165, 1.54) is 42.1 Å². The molecule has 4 rings (SSSR count).